The molecule has 0 spiro atoms. The molecule has 2 aliphatic heterocycles. The Morgan fingerprint density at radius 2 is 1.79 bits per heavy atom. The summed E-state index contributed by atoms with van der Waals surface area (Å²) in [5.41, 5.74) is 2.07. The fraction of sp³-hybridized carbons (Fsp3) is 0.435. The van der Waals surface area contributed by atoms with Gasteiger partial charge in [-0.2, -0.15) is 0 Å². The smallest absolute Gasteiger partial charge is 0.226 e. The van der Waals surface area contributed by atoms with Gasteiger partial charge in [-0.25, -0.2) is 0 Å². The number of carbonyl (C=O) groups is 1. The Morgan fingerprint density at radius 3 is 2.61 bits per heavy atom. The van der Waals surface area contributed by atoms with Gasteiger partial charge in [0.2, 0.25) is 5.91 Å². The molecule has 0 aliphatic carbocycles. The van der Waals surface area contributed by atoms with Crippen LogP contribution in [0.2, 0.25) is 0 Å². The van der Waals surface area contributed by atoms with Crippen LogP contribution in [0.25, 0.3) is 0 Å². The number of carbonyl (C=O) groups excluding carboxylic acids is 1. The maximum Gasteiger partial charge on any atom is 0.226 e. The van der Waals surface area contributed by atoms with E-state index in [2.05, 4.69) is 5.32 Å². The summed E-state index contributed by atoms with van der Waals surface area (Å²) in [5, 5.41) is 3.17. The lowest BCUT2D eigenvalue weighted by molar-refractivity contribution is -0.135. The molecule has 28 heavy (non-hydrogen) atoms. The molecule has 1 N–H and O–H groups in total. The zero-order chi connectivity index (χ0) is 19.3. The summed E-state index contributed by atoms with van der Waals surface area (Å²) in [7, 11) is 0. The van der Waals surface area contributed by atoms with Gasteiger partial charge < -0.3 is 19.5 Å². The van der Waals surface area contributed by atoms with Crippen LogP contribution in [0.1, 0.15) is 49.5 Å². The lowest BCUT2D eigenvalue weighted by Crippen LogP contribution is -2.38. The van der Waals surface area contributed by atoms with Gasteiger partial charge in [0.05, 0.1) is 31.3 Å². The van der Waals surface area contributed by atoms with Gasteiger partial charge in [0.15, 0.2) is 11.5 Å². The van der Waals surface area contributed by atoms with Crippen molar-refractivity contribution in [3.8, 4) is 11.5 Å². The molecule has 2 aromatic carbocycles. The Morgan fingerprint density at radius 1 is 1.00 bits per heavy atom. The topological polar surface area (TPSA) is 56.8 Å². The number of rotatable bonds is 4. The molecule has 1 amide bonds. The zero-order valence-electron chi connectivity index (χ0n) is 16.2. The van der Waals surface area contributed by atoms with E-state index in [0.29, 0.717) is 19.8 Å². The minimum Gasteiger partial charge on any atom is -0.490 e. The molecular formula is C23H27NO4. The Balaban J connectivity index is 1.47. The monoisotopic (exact) mass is 381 g/mol. The minimum atomic E-state index is -0.189. The van der Waals surface area contributed by atoms with Crippen molar-refractivity contribution in [2.24, 2.45) is 5.92 Å². The van der Waals surface area contributed by atoms with E-state index in [9.17, 15) is 4.79 Å². The van der Waals surface area contributed by atoms with Crippen LogP contribution in [0.5, 0.6) is 11.5 Å². The van der Waals surface area contributed by atoms with Gasteiger partial charge in [-0.1, -0.05) is 36.4 Å². The van der Waals surface area contributed by atoms with Gasteiger partial charge in [0, 0.05) is 13.0 Å². The highest BCUT2D eigenvalue weighted by molar-refractivity contribution is 5.80. The molecular weight excluding hydrogens is 354 g/mol. The van der Waals surface area contributed by atoms with Crippen LogP contribution in [0.4, 0.5) is 0 Å². The quantitative estimate of drug-likeness (QED) is 0.863. The summed E-state index contributed by atoms with van der Waals surface area (Å²) >= 11 is 0. The van der Waals surface area contributed by atoms with E-state index >= 15 is 0 Å². The number of benzene rings is 2. The van der Waals surface area contributed by atoms with Gasteiger partial charge >= 0.3 is 0 Å². The summed E-state index contributed by atoms with van der Waals surface area (Å²) in [6.45, 7) is 4.01. The third-order valence-corrected chi connectivity index (χ3v) is 5.42. The normalized spacial score (nSPS) is 22.8. The molecule has 1 saturated heterocycles. The predicted molar refractivity (Wildman–Crippen MR) is 106 cm³/mol. The third-order valence-electron chi connectivity index (χ3n) is 5.42. The summed E-state index contributed by atoms with van der Waals surface area (Å²) in [4.78, 5) is 13.1. The average Bonchev–Trinajstić information content (AvgIpc) is 2.99. The summed E-state index contributed by atoms with van der Waals surface area (Å²) in [5.74, 6) is 1.37. The molecule has 2 aromatic rings. The second-order valence-corrected chi connectivity index (χ2v) is 7.44. The molecule has 148 valence electrons. The Labute approximate surface area is 166 Å². The molecule has 0 saturated carbocycles. The highest BCUT2D eigenvalue weighted by atomic mass is 16.5. The van der Waals surface area contributed by atoms with Crippen molar-refractivity contribution in [2.75, 3.05) is 19.8 Å². The number of nitrogens with one attached hydrogen (secondary N) is 1. The lowest BCUT2D eigenvalue weighted by Gasteiger charge is -2.32. The minimum absolute atomic E-state index is 0.0353. The standard InChI is InChI=1S/C23H27NO4/c1-16(18-10-11-20-21(15-18)27-14-6-13-26-20)24-23(25)19-9-5-12-28-22(19)17-7-3-2-4-8-17/h2-4,7-8,10-11,15-16,19,22H,5-6,9,12-14H2,1H3,(H,24,25)/t16-,19+,22-/m0/s1. The number of ether oxygens (including phenoxy) is 3. The Bertz CT molecular complexity index is 808. The van der Waals surface area contributed by atoms with Crippen LogP contribution in [0.15, 0.2) is 48.5 Å². The van der Waals surface area contributed by atoms with Crippen LogP contribution in [-0.2, 0) is 9.53 Å². The van der Waals surface area contributed by atoms with Gasteiger partial charge in [-0.05, 0) is 43.0 Å². The molecule has 4 rings (SSSR count). The number of fused-ring (bicyclic) bond motifs is 1. The van der Waals surface area contributed by atoms with E-state index < -0.39 is 0 Å². The first-order valence-corrected chi connectivity index (χ1v) is 10.1. The number of hydrogen-bond acceptors (Lipinski definition) is 4. The van der Waals surface area contributed by atoms with Crippen molar-refractivity contribution in [1.82, 2.24) is 5.32 Å². The van der Waals surface area contributed by atoms with Gasteiger partial charge in [0.25, 0.3) is 0 Å². The fourth-order valence-electron chi connectivity index (χ4n) is 3.87. The molecule has 5 nitrogen and oxygen atoms in total. The average molecular weight is 381 g/mol. The van der Waals surface area contributed by atoms with Gasteiger partial charge in [-0.15, -0.1) is 0 Å². The van der Waals surface area contributed by atoms with E-state index in [4.69, 9.17) is 14.2 Å². The van der Waals surface area contributed by atoms with Crippen LogP contribution in [0, 0.1) is 5.92 Å². The fourth-order valence-corrected chi connectivity index (χ4v) is 3.87. The molecule has 1 fully saturated rings. The lowest BCUT2D eigenvalue weighted by atomic mass is 9.88. The van der Waals surface area contributed by atoms with E-state index in [1.54, 1.807) is 0 Å². The van der Waals surface area contributed by atoms with Crippen LogP contribution in [-0.4, -0.2) is 25.7 Å². The molecule has 0 aromatic heterocycles. The van der Waals surface area contributed by atoms with Gasteiger partial charge in [0.1, 0.15) is 0 Å². The Hall–Kier alpha value is -2.53. The second-order valence-electron chi connectivity index (χ2n) is 7.44. The summed E-state index contributed by atoms with van der Waals surface area (Å²) in [6.07, 6.45) is 2.42. The molecule has 2 aliphatic rings. The highest BCUT2D eigenvalue weighted by Crippen LogP contribution is 2.35. The van der Waals surface area contributed by atoms with E-state index in [1.807, 2.05) is 55.5 Å². The van der Waals surface area contributed by atoms with Crippen molar-refractivity contribution in [1.29, 1.82) is 0 Å². The predicted octanol–water partition coefficient (Wildman–Crippen LogP) is 4.19. The second kappa shape index (κ2) is 8.65. The van der Waals surface area contributed by atoms with Crippen LogP contribution in [0.3, 0.4) is 0 Å². The van der Waals surface area contributed by atoms with Crippen LogP contribution >= 0.6 is 0 Å². The maximum atomic E-state index is 13.1. The van der Waals surface area contributed by atoms with Crippen molar-refractivity contribution >= 4 is 5.91 Å². The SMILES string of the molecule is C[C@H](NC(=O)[C@@H]1CCCO[C@H]1c1ccccc1)c1ccc2c(c1)OCCCO2. The molecule has 5 heteroatoms. The largest absolute Gasteiger partial charge is 0.490 e. The van der Waals surface area contributed by atoms with Gasteiger partial charge in [-0.3, -0.25) is 4.79 Å². The first kappa shape index (κ1) is 18.8. The Kier molecular flexibility index (Phi) is 5.81. The molecule has 0 radical (unpaired) electrons. The van der Waals surface area contributed by atoms with E-state index in [-0.39, 0.29) is 24.0 Å². The van der Waals surface area contributed by atoms with E-state index in [1.165, 1.54) is 0 Å². The number of hydrogen-bond donors (Lipinski definition) is 1. The third kappa shape index (κ3) is 4.14. The highest BCUT2D eigenvalue weighted by Gasteiger charge is 2.33. The summed E-state index contributed by atoms with van der Waals surface area (Å²) in [6, 6.07) is 15.8. The first-order chi connectivity index (χ1) is 13.7. The maximum absolute atomic E-state index is 13.1. The van der Waals surface area contributed by atoms with Crippen molar-refractivity contribution in [3.63, 3.8) is 0 Å². The van der Waals surface area contributed by atoms with E-state index in [0.717, 1.165) is 41.9 Å². The van der Waals surface area contributed by atoms with Crippen molar-refractivity contribution in [2.45, 2.75) is 38.3 Å². The molecule has 0 unspecified atom stereocenters. The molecule has 3 atom stereocenters. The van der Waals surface area contributed by atoms with Crippen LogP contribution < -0.4 is 14.8 Å². The van der Waals surface area contributed by atoms with Crippen molar-refractivity contribution in [3.05, 3.63) is 59.7 Å². The molecule has 2 heterocycles. The summed E-state index contributed by atoms with van der Waals surface area (Å²) < 4.78 is 17.4. The first-order valence-electron chi connectivity index (χ1n) is 10.1. The molecule has 0 bridgehead atoms. The van der Waals surface area contributed by atoms with Crippen molar-refractivity contribution < 1.29 is 19.0 Å². The zero-order valence-corrected chi connectivity index (χ0v) is 16.2. The number of amides is 1.